The molecule has 2 fully saturated rings. The molecule has 3 heterocycles. The lowest BCUT2D eigenvalue weighted by Crippen LogP contribution is -2.50. The Bertz CT molecular complexity index is 762. The van der Waals surface area contributed by atoms with Crippen LogP contribution in [0.3, 0.4) is 0 Å². The van der Waals surface area contributed by atoms with Crippen LogP contribution in [0.4, 0.5) is 5.13 Å². The first-order valence-electron chi connectivity index (χ1n) is 8.88. The van der Waals surface area contributed by atoms with Gasteiger partial charge in [-0.05, 0) is 25.0 Å². The monoisotopic (exact) mass is 377 g/mol. The molecule has 26 heavy (non-hydrogen) atoms. The minimum absolute atomic E-state index is 0.100. The van der Waals surface area contributed by atoms with Crippen LogP contribution in [0.5, 0.6) is 11.5 Å². The molecule has 8 heteroatoms. The Kier molecular flexibility index (Phi) is 4.86. The summed E-state index contributed by atoms with van der Waals surface area (Å²) in [6.07, 6.45) is 1.75. The minimum atomic E-state index is -0.419. The summed E-state index contributed by atoms with van der Waals surface area (Å²) in [6, 6.07) is 3.76. The van der Waals surface area contributed by atoms with Crippen LogP contribution >= 0.6 is 11.3 Å². The van der Waals surface area contributed by atoms with Crippen molar-refractivity contribution in [3.8, 4) is 11.5 Å². The number of thiazole rings is 1. The van der Waals surface area contributed by atoms with E-state index in [2.05, 4.69) is 4.90 Å². The van der Waals surface area contributed by atoms with Gasteiger partial charge in [0.1, 0.15) is 21.7 Å². The van der Waals surface area contributed by atoms with Crippen LogP contribution in [-0.4, -0.2) is 68.9 Å². The number of hydrogen-bond donors (Lipinski definition) is 0. The van der Waals surface area contributed by atoms with Gasteiger partial charge in [-0.25, -0.2) is 4.98 Å². The van der Waals surface area contributed by atoms with Crippen molar-refractivity contribution < 1.29 is 19.0 Å². The highest BCUT2D eigenvalue weighted by Gasteiger charge is 2.32. The maximum absolute atomic E-state index is 12.7. The van der Waals surface area contributed by atoms with Crippen molar-refractivity contribution in [2.24, 2.45) is 0 Å². The van der Waals surface area contributed by atoms with E-state index in [1.54, 1.807) is 25.6 Å². The van der Waals surface area contributed by atoms with E-state index in [-0.39, 0.29) is 5.91 Å². The third-order valence-electron chi connectivity index (χ3n) is 4.93. The normalized spacial score (nSPS) is 20.6. The number of carbonyl (C=O) groups is 1. The highest BCUT2D eigenvalue weighted by molar-refractivity contribution is 7.22. The number of carbonyl (C=O) groups excluding carboxylic acids is 1. The lowest BCUT2D eigenvalue weighted by molar-refractivity contribution is -0.143. The molecule has 140 valence electrons. The number of hydrogen-bond acceptors (Lipinski definition) is 7. The van der Waals surface area contributed by atoms with E-state index < -0.39 is 6.10 Å². The first-order valence-corrected chi connectivity index (χ1v) is 9.69. The number of benzene rings is 1. The summed E-state index contributed by atoms with van der Waals surface area (Å²) in [5, 5.41) is 0.866. The standard InChI is InChI=1S/C18H23N3O4S/c1-23-12-5-6-13(24-2)16-15(12)19-18(26-16)21-9-10-25-14(11-21)17(22)20-7-3-4-8-20/h5-6,14H,3-4,7-11H2,1-2H3. The summed E-state index contributed by atoms with van der Waals surface area (Å²) in [4.78, 5) is 21.5. The fourth-order valence-corrected chi connectivity index (χ4v) is 4.63. The van der Waals surface area contributed by atoms with E-state index in [0.29, 0.717) is 19.7 Å². The number of anilines is 1. The molecule has 0 bridgehead atoms. The van der Waals surface area contributed by atoms with Crippen LogP contribution in [0.2, 0.25) is 0 Å². The predicted molar refractivity (Wildman–Crippen MR) is 100 cm³/mol. The molecule has 0 spiro atoms. The van der Waals surface area contributed by atoms with E-state index >= 15 is 0 Å². The maximum Gasteiger partial charge on any atom is 0.253 e. The summed E-state index contributed by atoms with van der Waals surface area (Å²) in [6.45, 7) is 3.45. The van der Waals surface area contributed by atoms with E-state index in [4.69, 9.17) is 19.2 Å². The zero-order chi connectivity index (χ0) is 18.1. The lowest BCUT2D eigenvalue weighted by Gasteiger charge is -2.33. The van der Waals surface area contributed by atoms with Crippen LogP contribution in [0.15, 0.2) is 12.1 Å². The topological polar surface area (TPSA) is 64.1 Å². The molecular formula is C18H23N3O4S. The van der Waals surface area contributed by atoms with E-state index in [1.807, 2.05) is 17.0 Å². The largest absolute Gasteiger partial charge is 0.495 e. The molecular weight excluding hydrogens is 354 g/mol. The second kappa shape index (κ2) is 7.28. The zero-order valence-corrected chi connectivity index (χ0v) is 15.9. The second-order valence-corrected chi connectivity index (χ2v) is 7.46. The van der Waals surface area contributed by atoms with Gasteiger partial charge in [-0.15, -0.1) is 0 Å². The minimum Gasteiger partial charge on any atom is -0.495 e. The van der Waals surface area contributed by atoms with E-state index in [1.165, 1.54) is 0 Å². The Balaban J connectivity index is 1.59. The molecule has 7 nitrogen and oxygen atoms in total. The molecule has 1 aromatic carbocycles. The number of ether oxygens (including phenoxy) is 3. The van der Waals surface area contributed by atoms with Crippen molar-refractivity contribution in [3.05, 3.63) is 12.1 Å². The number of amides is 1. The Morgan fingerprint density at radius 2 is 1.92 bits per heavy atom. The molecule has 0 radical (unpaired) electrons. The van der Waals surface area contributed by atoms with Gasteiger partial charge in [0.15, 0.2) is 11.2 Å². The van der Waals surface area contributed by atoms with Gasteiger partial charge < -0.3 is 24.0 Å². The number of likely N-dealkylation sites (tertiary alicyclic amines) is 1. The van der Waals surface area contributed by atoms with Gasteiger partial charge in [0.2, 0.25) is 0 Å². The summed E-state index contributed by atoms with van der Waals surface area (Å²) < 4.78 is 17.6. The summed E-state index contributed by atoms with van der Waals surface area (Å²) in [7, 11) is 3.29. The van der Waals surface area contributed by atoms with Gasteiger partial charge in [0.25, 0.3) is 5.91 Å². The van der Waals surface area contributed by atoms with Crippen molar-refractivity contribution in [3.63, 3.8) is 0 Å². The molecule has 2 aliphatic rings. The molecule has 1 aromatic heterocycles. The molecule has 2 aliphatic heterocycles. The van der Waals surface area contributed by atoms with Crippen LogP contribution in [0.1, 0.15) is 12.8 Å². The van der Waals surface area contributed by atoms with Gasteiger partial charge in [-0.3, -0.25) is 4.79 Å². The molecule has 1 amide bonds. The Morgan fingerprint density at radius 3 is 2.65 bits per heavy atom. The number of aromatic nitrogens is 1. The van der Waals surface area contributed by atoms with Crippen molar-refractivity contribution in [2.45, 2.75) is 18.9 Å². The number of rotatable bonds is 4. The van der Waals surface area contributed by atoms with E-state index in [9.17, 15) is 4.79 Å². The zero-order valence-electron chi connectivity index (χ0n) is 15.1. The lowest BCUT2D eigenvalue weighted by atomic mass is 10.2. The SMILES string of the molecule is COc1ccc(OC)c2sc(N3CCOC(C(=O)N4CCCC4)C3)nc12. The molecule has 1 unspecified atom stereocenters. The quantitative estimate of drug-likeness (QED) is 0.813. The Hall–Kier alpha value is -2.06. The predicted octanol–water partition coefficient (Wildman–Crippen LogP) is 2.14. The summed E-state index contributed by atoms with van der Waals surface area (Å²) in [5.41, 5.74) is 0.792. The van der Waals surface area contributed by atoms with Crippen LogP contribution in [0, 0.1) is 0 Å². The summed E-state index contributed by atoms with van der Waals surface area (Å²) >= 11 is 1.56. The van der Waals surface area contributed by atoms with Crippen LogP contribution < -0.4 is 14.4 Å². The van der Waals surface area contributed by atoms with Crippen molar-refractivity contribution in [2.75, 3.05) is 51.9 Å². The van der Waals surface area contributed by atoms with Gasteiger partial charge in [-0.1, -0.05) is 11.3 Å². The Labute approximate surface area is 156 Å². The first kappa shape index (κ1) is 17.4. The highest BCUT2D eigenvalue weighted by Crippen LogP contribution is 2.40. The number of nitrogens with zero attached hydrogens (tertiary/aromatic N) is 3. The van der Waals surface area contributed by atoms with Crippen molar-refractivity contribution in [1.82, 2.24) is 9.88 Å². The number of fused-ring (bicyclic) bond motifs is 1. The third-order valence-corrected chi connectivity index (χ3v) is 6.06. The van der Waals surface area contributed by atoms with Gasteiger partial charge in [0, 0.05) is 19.6 Å². The third kappa shape index (κ3) is 3.07. The van der Waals surface area contributed by atoms with Crippen molar-refractivity contribution in [1.29, 1.82) is 0 Å². The molecule has 0 aliphatic carbocycles. The highest BCUT2D eigenvalue weighted by atomic mass is 32.1. The number of methoxy groups -OCH3 is 2. The average Bonchev–Trinajstić information content (AvgIpc) is 3.36. The molecule has 4 rings (SSSR count). The number of morpholine rings is 1. The fourth-order valence-electron chi connectivity index (χ4n) is 3.52. The fraction of sp³-hybridized carbons (Fsp3) is 0.556. The maximum atomic E-state index is 12.7. The Morgan fingerprint density at radius 1 is 1.19 bits per heavy atom. The van der Waals surface area contributed by atoms with Crippen molar-refractivity contribution >= 4 is 32.6 Å². The molecule has 2 aromatic rings. The van der Waals surface area contributed by atoms with Gasteiger partial charge >= 0.3 is 0 Å². The molecule has 1 atom stereocenters. The first-order chi connectivity index (χ1) is 12.7. The molecule has 0 N–H and O–H groups in total. The van der Waals surface area contributed by atoms with E-state index in [0.717, 1.165) is 52.8 Å². The van der Waals surface area contributed by atoms with Gasteiger partial charge in [0.05, 0.1) is 27.4 Å². The smallest absolute Gasteiger partial charge is 0.253 e. The van der Waals surface area contributed by atoms with Crippen LogP contribution in [-0.2, 0) is 9.53 Å². The average molecular weight is 377 g/mol. The van der Waals surface area contributed by atoms with Gasteiger partial charge in [-0.2, -0.15) is 0 Å². The molecule has 0 saturated carbocycles. The summed E-state index contributed by atoms with van der Waals surface area (Å²) in [5.74, 6) is 1.60. The molecule has 2 saturated heterocycles. The van der Waals surface area contributed by atoms with Crippen LogP contribution in [0.25, 0.3) is 10.2 Å². The second-order valence-electron chi connectivity index (χ2n) is 6.48.